The average Bonchev–Trinajstić information content (AvgIpc) is 3.30. The molecule has 3 heterocycles. The van der Waals surface area contributed by atoms with E-state index >= 15 is 0 Å². The maximum Gasteiger partial charge on any atom is 0.272 e. The summed E-state index contributed by atoms with van der Waals surface area (Å²) in [6.45, 7) is 2.60. The Bertz CT molecular complexity index is 1480. The van der Waals surface area contributed by atoms with Gasteiger partial charge in [-0.25, -0.2) is 4.99 Å². The van der Waals surface area contributed by atoms with Gasteiger partial charge in [0, 0.05) is 30.4 Å². The Morgan fingerprint density at radius 2 is 1.71 bits per heavy atom. The molecule has 0 spiro atoms. The number of aryl methyl sites for hydroxylation is 1. The van der Waals surface area contributed by atoms with Gasteiger partial charge >= 0.3 is 0 Å². The Balaban J connectivity index is 1.62. The quantitative estimate of drug-likeness (QED) is 0.562. The second-order valence-electron chi connectivity index (χ2n) is 8.07. The van der Waals surface area contributed by atoms with Crippen LogP contribution in [0.5, 0.6) is 17.2 Å². The number of fused-ring (bicyclic) bond motifs is 2. The number of rotatable bonds is 4. The van der Waals surface area contributed by atoms with E-state index in [0.717, 1.165) is 22.5 Å². The zero-order chi connectivity index (χ0) is 24.1. The number of nitrogens with zero attached hydrogens (tertiary/aromatic N) is 4. The predicted molar refractivity (Wildman–Crippen MR) is 130 cm³/mol. The van der Waals surface area contributed by atoms with E-state index in [9.17, 15) is 9.59 Å². The number of aromatic nitrogens is 1. The van der Waals surface area contributed by atoms with Gasteiger partial charge in [-0.2, -0.15) is 0 Å². The van der Waals surface area contributed by atoms with Gasteiger partial charge in [0.2, 0.25) is 5.75 Å². The molecule has 0 fully saturated rings. The summed E-state index contributed by atoms with van der Waals surface area (Å²) in [7, 11) is 6.39. The largest absolute Gasteiger partial charge is 0.493 e. The standard InChI is InChI=1S/C24H24N4O5S/c1-13-6-7-16-15(8-13)19(22(29)26(16)2)21-23(30)28-12-27(11-25-24(28)34-21)14-9-17(31-3)20(33-5)18(10-14)32-4/h6-10H,11-12H2,1-5H3/b21-19-. The number of thiazole rings is 1. The van der Waals surface area contributed by atoms with Crippen LogP contribution in [0.3, 0.4) is 0 Å². The van der Waals surface area contributed by atoms with Crippen LogP contribution in [-0.2, 0) is 11.5 Å². The van der Waals surface area contributed by atoms with Crippen LogP contribution < -0.4 is 38.9 Å². The fraction of sp³-hybridized carbons (Fsp3) is 0.292. The van der Waals surface area contributed by atoms with E-state index in [1.54, 1.807) is 37.8 Å². The van der Waals surface area contributed by atoms with E-state index in [4.69, 9.17) is 14.2 Å². The summed E-state index contributed by atoms with van der Waals surface area (Å²) < 4.78 is 18.3. The Morgan fingerprint density at radius 3 is 2.35 bits per heavy atom. The number of carbonyl (C=O) groups excluding carboxylic acids is 1. The first-order chi connectivity index (χ1) is 16.4. The molecule has 2 aliphatic heterocycles. The van der Waals surface area contributed by atoms with Gasteiger partial charge < -0.3 is 24.0 Å². The molecule has 5 rings (SSSR count). The van der Waals surface area contributed by atoms with Crippen LogP contribution in [0, 0.1) is 6.92 Å². The molecule has 176 valence electrons. The second-order valence-corrected chi connectivity index (χ2v) is 9.05. The lowest BCUT2D eigenvalue weighted by Crippen LogP contribution is -2.43. The minimum absolute atomic E-state index is 0.182. The van der Waals surface area contributed by atoms with Crippen LogP contribution in [0.15, 0.2) is 40.1 Å². The molecule has 1 aromatic heterocycles. The molecular formula is C24H24N4O5S. The molecule has 0 bridgehead atoms. The maximum atomic E-state index is 13.5. The van der Waals surface area contributed by atoms with Gasteiger partial charge in [-0.05, 0) is 19.1 Å². The minimum atomic E-state index is -0.230. The third kappa shape index (κ3) is 3.25. The lowest BCUT2D eigenvalue weighted by Gasteiger charge is -2.27. The van der Waals surface area contributed by atoms with Crippen molar-refractivity contribution in [2.45, 2.75) is 13.6 Å². The van der Waals surface area contributed by atoms with Crippen molar-refractivity contribution in [3.8, 4) is 17.2 Å². The van der Waals surface area contributed by atoms with Gasteiger partial charge in [-0.15, -0.1) is 0 Å². The first-order valence-corrected chi connectivity index (χ1v) is 11.4. The Labute approximate surface area is 199 Å². The summed E-state index contributed by atoms with van der Waals surface area (Å²) in [4.78, 5) is 35.3. The molecule has 10 heteroatoms. The van der Waals surface area contributed by atoms with E-state index in [1.807, 2.05) is 42.2 Å². The fourth-order valence-corrected chi connectivity index (χ4v) is 5.38. The Hall–Kier alpha value is -3.79. The van der Waals surface area contributed by atoms with Crippen LogP contribution in [0.25, 0.3) is 5.57 Å². The monoisotopic (exact) mass is 480 g/mol. The number of amides is 1. The van der Waals surface area contributed by atoms with Crippen molar-refractivity contribution in [1.29, 1.82) is 0 Å². The first kappa shape index (κ1) is 22.0. The summed E-state index contributed by atoms with van der Waals surface area (Å²) in [6.07, 6.45) is 0. The zero-order valence-electron chi connectivity index (χ0n) is 19.5. The van der Waals surface area contributed by atoms with Gasteiger partial charge in [0.15, 0.2) is 16.3 Å². The normalized spacial score (nSPS) is 16.2. The van der Waals surface area contributed by atoms with Gasteiger partial charge in [-0.3, -0.25) is 14.2 Å². The van der Waals surface area contributed by atoms with Crippen LogP contribution in [0.1, 0.15) is 11.1 Å². The van der Waals surface area contributed by atoms with E-state index in [0.29, 0.717) is 38.8 Å². The van der Waals surface area contributed by atoms with Gasteiger partial charge in [0.1, 0.15) is 17.9 Å². The molecule has 0 radical (unpaired) electrons. The number of ether oxygens (including phenoxy) is 3. The molecule has 0 atom stereocenters. The van der Waals surface area contributed by atoms with Crippen molar-refractivity contribution in [3.05, 3.63) is 61.1 Å². The Kier molecular flexibility index (Phi) is 5.32. The number of hydrogen-bond donors (Lipinski definition) is 0. The smallest absolute Gasteiger partial charge is 0.272 e. The summed E-state index contributed by atoms with van der Waals surface area (Å²) >= 11 is 1.26. The number of benzene rings is 2. The van der Waals surface area contributed by atoms with E-state index in [2.05, 4.69) is 4.99 Å². The van der Waals surface area contributed by atoms with Crippen molar-refractivity contribution in [2.75, 3.05) is 44.8 Å². The van der Waals surface area contributed by atoms with Crippen LogP contribution in [-0.4, -0.2) is 45.5 Å². The highest BCUT2D eigenvalue weighted by Crippen LogP contribution is 2.41. The highest BCUT2D eigenvalue weighted by molar-refractivity contribution is 7.07. The first-order valence-electron chi connectivity index (χ1n) is 10.6. The molecule has 0 saturated heterocycles. The third-order valence-corrected chi connectivity index (χ3v) is 7.21. The lowest BCUT2D eigenvalue weighted by atomic mass is 10.1. The van der Waals surface area contributed by atoms with E-state index < -0.39 is 0 Å². The summed E-state index contributed by atoms with van der Waals surface area (Å²) in [5.41, 5.74) is 3.59. The average molecular weight is 481 g/mol. The zero-order valence-corrected chi connectivity index (χ0v) is 20.4. The van der Waals surface area contributed by atoms with Crippen LogP contribution in [0.2, 0.25) is 0 Å². The number of hydrogen-bond acceptors (Lipinski definition) is 8. The molecule has 9 nitrogen and oxygen atoms in total. The van der Waals surface area contributed by atoms with Crippen molar-refractivity contribution in [2.24, 2.45) is 4.99 Å². The van der Waals surface area contributed by atoms with Crippen molar-refractivity contribution in [3.63, 3.8) is 0 Å². The molecule has 3 aromatic rings. The molecule has 0 aliphatic carbocycles. The highest BCUT2D eigenvalue weighted by Gasteiger charge is 2.32. The molecule has 2 aliphatic rings. The number of methoxy groups -OCH3 is 3. The highest BCUT2D eigenvalue weighted by atomic mass is 32.1. The van der Waals surface area contributed by atoms with Crippen LogP contribution >= 0.6 is 11.3 Å². The molecular weight excluding hydrogens is 456 g/mol. The van der Waals surface area contributed by atoms with Crippen molar-refractivity contribution < 1.29 is 19.0 Å². The maximum absolute atomic E-state index is 13.5. The molecule has 34 heavy (non-hydrogen) atoms. The second kappa shape index (κ2) is 8.21. The summed E-state index contributed by atoms with van der Waals surface area (Å²) in [5.74, 6) is 1.34. The Morgan fingerprint density at radius 1 is 1.00 bits per heavy atom. The van der Waals surface area contributed by atoms with Gasteiger partial charge in [-0.1, -0.05) is 23.0 Å². The SMILES string of the molecule is COc1cc(N2CN=c3s/c(=C4\C(=O)N(C)c5ccc(C)cc54)c(=O)n3C2)cc(OC)c1OC. The van der Waals surface area contributed by atoms with E-state index in [-0.39, 0.29) is 18.1 Å². The topological polar surface area (TPSA) is 85.6 Å². The van der Waals surface area contributed by atoms with Crippen molar-refractivity contribution in [1.82, 2.24) is 4.57 Å². The fourth-order valence-electron chi connectivity index (χ4n) is 4.33. The minimum Gasteiger partial charge on any atom is -0.493 e. The van der Waals surface area contributed by atoms with E-state index in [1.165, 1.54) is 11.3 Å². The summed E-state index contributed by atoms with van der Waals surface area (Å²) in [6, 6.07) is 9.47. The molecule has 1 amide bonds. The van der Waals surface area contributed by atoms with Crippen LogP contribution in [0.4, 0.5) is 11.4 Å². The number of carbonyl (C=O) groups is 1. The van der Waals surface area contributed by atoms with Crippen molar-refractivity contribution >= 4 is 34.2 Å². The third-order valence-electron chi connectivity index (χ3n) is 6.10. The summed E-state index contributed by atoms with van der Waals surface area (Å²) in [5, 5.41) is 0. The molecule has 0 N–H and O–H groups in total. The molecule has 2 aromatic carbocycles. The number of likely N-dealkylation sites (N-methyl/N-ethyl adjacent to an activating group) is 1. The predicted octanol–water partition coefficient (Wildman–Crippen LogP) is 1.47. The number of anilines is 2. The van der Waals surface area contributed by atoms with Gasteiger partial charge in [0.25, 0.3) is 11.5 Å². The van der Waals surface area contributed by atoms with Gasteiger partial charge in [0.05, 0.1) is 32.6 Å². The molecule has 0 saturated carbocycles. The lowest BCUT2D eigenvalue weighted by molar-refractivity contribution is -0.112. The molecule has 0 unspecified atom stereocenters.